The number of hydrogen-bond acceptors (Lipinski definition) is 4. The van der Waals surface area contributed by atoms with E-state index in [4.69, 9.17) is 9.47 Å². The average molecular weight is 446 g/mol. The van der Waals surface area contributed by atoms with Gasteiger partial charge in [0, 0.05) is 13.1 Å². The molecule has 0 aliphatic heterocycles. The fraction of sp³-hybridized carbons (Fsp3) is 0.704. The molecule has 1 aromatic rings. The Morgan fingerprint density at radius 1 is 0.938 bits per heavy atom. The Hall–Kier alpha value is -2.04. The minimum Gasteiger partial charge on any atom is -0.462 e. The van der Waals surface area contributed by atoms with Gasteiger partial charge in [0.25, 0.3) is 0 Å². The molecule has 1 aliphatic rings. The first-order valence-corrected chi connectivity index (χ1v) is 12.7. The number of esters is 1. The first-order chi connectivity index (χ1) is 15.7. The maximum Gasteiger partial charge on any atom is 0.409 e. The van der Waals surface area contributed by atoms with Gasteiger partial charge in [-0.05, 0) is 36.8 Å². The number of nitrogens with zero attached hydrogens (tertiary/aromatic N) is 1. The molecule has 1 amide bonds. The summed E-state index contributed by atoms with van der Waals surface area (Å²) in [5.74, 6) is 0.204. The highest BCUT2D eigenvalue weighted by molar-refractivity contribution is 5.91. The van der Waals surface area contributed by atoms with Gasteiger partial charge in [0.15, 0.2) is 0 Å². The predicted molar refractivity (Wildman–Crippen MR) is 129 cm³/mol. The van der Waals surface area contributed by atoms with Crippen LogP contribution in [0, 0.1) is 5.92 Å². The molecule has 5 nitrogen and oxygen atoms in total. The molecule has 1 aliphatic carbocycles. The third-order valence-electron chi connectivity index (χ3n) is 6.47. The number of rotatable bonds is 14. The Balaban J connectivity index is 1.83. The van der Waals surface area contributed by atoms with Gasteiger partial charge in [-0.15, -0.1) is 0 Å². The summed E-state index contributed by atoms with van der Waals surface area (Å²) in [7, 11) is 1.42. The van der Waals surface area contributed by atoms with Crippen LogP contribution in [0.25, 0.3) is 0 Å². The number of hydrogen-bond donors (Lipinski definition) is 0. The Morgan fingerprint density at radius 2 is 1.59 bits per heavy atom. The molecule has 0 atom stereocenters. The Bertz CT molecular complexity index is 669. The van der Waals surface area contributed by atoms with Gasteiger partial charge in [-0.2, -0.15) is 0 Å². The zero-order valence-corrected chi connectivity index (χ0v) is 20.3. The normalized spacial score (nSPS) is 14.2. The fourth-order valence-electron chi connectivity index (χ4n) is 4.56. The van der Waals surface area contributed by atoms with Crippen LogP contribution in [0.15, 0.2) is 24.3 Å². The number of methoxy groups -OCH3 is 1. The fourth-order valence-corrected chi connectivity index (χ4v) is 4.56. The lowest BCUT2D eigenvalue weighted by Crippen LogP contribution is -2.36. The average Bonchev–Trinajstić information content (AvgIpc) is 2.83. The minimum atomic E-state index is -0.335. The summed E-state index contributed by atoms with van der Waals surface area (Å²) in [6.07, 6.45) is 15.4. The summed E-state index contributed by atoms with van der Waals surface area (Å²) in [6.45, 7) is 3.72. The van der Waals surface area contributed by atoms with E-state index < -0.39 is 0 Å². The number of ether oxygens (including phenoxy) is 2. The van der Waals surface area contributed by atoms with Crippen molar-refractivity contribution in [2.24, 2.45) is 5.92 Å². The maximum atomic E-state index is 12.7. The first kappa shape index (κ1) is 26.2. The summed E-state index contributed by atoms with van der Waals surface area (Å²) >= 11 is 0. The quantitative estimate of drug-likeness (QED) is 0.226. The van der Waals surface area contributed by atoms with Crippen LogP contribution in [0.4, 0.5) is 4.79 Å². The van der Waals surface area contributed by atoms with Gasteiger partial charge in [0.1, 0.15) is 0 Å². The van der Waals surface area contributed by atoms with Crippen molar-refractivity contribution >= 4 is 12.1 Å². The highest BCUT2D eigenvalue weighted by Gasteiger charge is 2.23. The van der Waals surface area contributed by atoms with E-state index in [0.29, 0.717) is 31.2 Å². The van der Waals surface area contributed by atoms with E-state index in [-0.39, 0.29) is 12.1 Å². The van der Waals surface area contributed by atoms with E-state index in [0.717, 1.165) is 31.2 Å². The number of amides is 1. The molecule has 5 heteroatoms. The second kappa shape index (κ2) is 15.7. The van der Waals surface area contributed by atoms with Gasteiger partial charge in [-0.1, -0.05) is 89.3 Å². The maximum absolute atomic E-state index is 12.7. The molecule has 0 saturated heterocycles. The third kappa shape index (κ3) is 9.62. The molecule has 0 unspecified atom stereocenters. The van der Waals surface area contributed by atoms with Crippen molar-refractivity contribution in [2.45, 2.75) is 96.9 Å². The molecule has 1 fully saturated rings. The van der Waals surface area contributed by atoms with Gasteiger partial charge in [0.2, 0.25) is 0 Å². The van der Waals surface area contributed by atoms with Gasteiger partial charge >= 0.3 is 12.1 Å². The van der Waals surface area contributed by atoms with Gasteiger partial charge in [0.05, 0.1) is 19.3 Å². The molecule has 1 saturated carbocycles. The van der Waals surface area contributed by atoms with Crippen molar-refractivity contribution in [3.8, 4) is 0 Å². The molecule has 1 aromatic carbocycles. The SMILES string of the molecule is CCCCCCCCCCOC(=O)c1ccccc1CN(CC1CCCCC1)C(=O)OC. The van der Waals surface area contributed by atoms with Crippen LogP contribution in [0.2, 0.25) is 0 Å². The molecule has 0 spiro atoms. The van der Waals surface area contributed by atoms with Gasteiger partial charge < -0.3 is 14.4 Å². The molecule has 32 heavy (non-hydrogen) atoms. The van der Waals surface area contributed by atoms with Crippen LogP contribution in [0.5, 0.6) is 0 Å². The largest absolute Gasteiger partial charge is 0.462 e. The molecule has 2 rings (SSSR count). The van der Waals surface area contributed by atoms with E-state index in [1.807, 2.05) is 18.2 Å². The van der Waals surface area contributed by atoms with Crippen molar-refractivity contribution in [3.63, 3.8) is 0 Å². The predicted octanol–water partition coefficient (Wildman–Crippen LogP) is 7.13. The first-order valence-electron chi connectivity index (χ1n) is 12.7. The van der Waals surface area contributed by atoms with Gasteiger partial charge in [-0.25, -0.2) is 9.59 Å². The summed E-state index contributed by atoms with van der Waals surface area (Å²) in [5.41, 5.74) is 1.36. The summed E-state index contributed by atoms with van der Waals surface area (Å²) in [6, 6.07) is 7.45. The summed E-state index contributed by atoms with van der Waals surface area (Å²) in [4.78, 5) is 26.9. The van der Waals surface area contributed by atoms with Crippen molar-refractivity contribution in [1.29, 1.82) is 0 Å². The second-order valence-corrected chi connectivity index (χ2v) is 9.12. The molecular formula is C27H43NO4. The van der Waals surface area contributed by atoms with E-state index in [2.05, 4.69) is 6.92 Å². The number of carbonyl (C=O) groups excluding carboxylic acids is 2. The van der Waals surface area contributed by atoms with Crippen LogP contribution in [-0.4, -0.2) is 37.2 Å². The molecule has 0 aromatic heterocycles. The lowest BCUT2D eigenvalue weighted by atomic mass is 9.89. The standard InChI is InChI=1S/C27H43NO4/c1-3-4-5-6-7-8-9-15-20-32-26(29)25-19-14-13-18-24(25)22-28(27(30)31-2)21-23-16-11-10-12-17-23/h13-14,18-19,23H,3-12,15-17,20-22H2,1-2H3. The number of carbonyl (C=O) groups is 2. The molecule has 0 bridgehead atoms. The van der Waals surface area contributed by atoms with E-state index >= 15 is 0 Å². The molecular weight excluding hydrogens is 402 g/mol. The van der Waals surface area contributed by atoms with E-state index in [1.54, 1.807) is 11.0 Å². The third-order valence-corrected chi connectivity index (χ3v) is 6.47. The van der Waals surface area contributed by atoms with Crippen molar-refractivity contribution in [1.82, 2.24) is 4.90 Å². The van der Waals surface area contributed by atoms with Crippen molar-refractivity contribution in [2.75, 3.05) is 20.3 Å². The zero-order chi connectivity index (χ0) is 23.0. The highest BCUT2D eigenvalue weighted by Crippen LogP contribution is 2.25. The minimum absolute atomic E-state index is 0.300. The van der Waals surface area contributed by atoms with Crippen LogP contribution < -0.4 is 0 Å². The Kier molecular flexibility index (Phi) is 12.9. The van der Waals surface area contributed by atoms with Crippen LogP contribution in [0.1, 0.15) is 106 Å². The second-order valence-electron chi connectivity index (χ2n) is 9.12. The van der Waals surface area contributed by atoms with Crippen molar-refractivity contribution < 1.29 is 19.1 Å². The Labute approximate surface area is 194 Å². The van der Waals surface area contributed by atoms with Crippen molar-refractivity contribution in [3.05, 3.63) is 35.4 Å². The highest BCUT2D eigenvalue weighted by atomic mass is 16.5. The van der Waals surface area contributed by atoms with Crippen LogP contribution in [-0.2, 0) is 16.0 Å². The molecule has 0 radical (unpaired) electrons. The van der Waals surface area contributed by atoms with Crippen LogP contribution >= 0.6 is 0 Å². The smallest absolute Gasteiger partial charge is 0.409 e. The Morgan fingerprint density at radius 3 is 2.28 bits per heavy atom. The molecule has 180 valence electrons. The zero-order valence-electron chi connectivity index (χ0n) is 20.3. The number of benzene rings is 1. The lowest BCUT2D eigenvalue weighted by molar-refractivity contribution is 0.0493. The number of unbranched alkanes of at least 4 members (excludes halogenated alkanes) is 7. The van der Waals surface area contributed by atoms with Crippen LogP contribution in [0.3, 0.4) is 0 Å². The summed E-state index contributed by atoms with van der Waals surface area (Å²) < 4.78 is 10.6. The van der Waals surface area contributed by atoms with E-state index in [1.165, 1.54) is 64.9 Å². The molecule has 0 heterocycles. The van der Waals surface area contributed by atoms with Gasteiger partial charge in [-0.3, -0.25) is 0 Å². The lowest BCUT2D eigenvalue weighted by Gasteiger charge is -2.29. The molecule has 0 N–H and O–H groups in total. The summed E-state index contributed by atoms with van der Waals surface area (Å²) in [5, 5.41) is 0. The monoisotopic (exact) mass is 445 g/mol. The topological polar surface area (TPSA) is 55.8 Å². The van der Waals surface area contributed by atoms with E-state index in [9.17, 15) is 9.59 Å².